The largest absolute Gasteiger partial charge is 0.355 e. The van der Waals surface area contributed by atoms with Gasteiger partial charge in [0.25, 0.3) is 11.5 Å². The summed E-state index contributed by atoms with van der Waals surface area (Å²) in [6.45, 7) is 3.80. The van der Waals surface area contributed by atoms with Crippen molar-refractivity contribution in [2.45, 2.75) is 19.8 Å². The Hall–Kier alpha value is -3.99. The summed E-state index contributed by atoms with van der Waals surface area (Å²) in [6, 6.07) is 13.0. The first-order valence-corrected chi connectivity index (χ1v) is 11.2. The van der Waals surface area contributed by atoms with Crippen LogP contribution in [0.15, 0.2) is 47.3 Å². The molecule has 34 heavy (non-hydrogen) atoms. The van der Waals surface area contributed by atoms with Crippen LogP contribution in [0, 0.1) is 23.1 Å². The number of hydrogen-bond donors (Lipinski definition) is 1. The minimum Gasteiger partial charge on any atom is -0.355 e. The van der Waals surface area contributed by atoms with Crippen molar-refractivity contribution in [3.05, 3.63) is 69.8 Å². The van der Waals surface area contributed by atoms with Crippen LogP contribution in [-0.4, -0.2) is 35.6 Å². The summed E-state index contributed by atoms with van der Waals surface area (Å²) < 4.78 is 16.3. The van der Waals surface area contributed by atoms with E-state index in [-0.39, 0.29) is 16.7 Å². The van der Waals surface area contributed by atoms with Crippen LogP contribution in [-0.2, 0) is 7.05 Å². The van der Waals surface area contributed by atoms with Gasteiger partial charge in [-0.15, -0.1) is 0 Å². The predicted octanol–water partition coefficient (Wildman–Crippen LogP) is 3.72. The molecule has 0 saturated carbocycles. The number of carbonyl (C=O) groups excluding carboxylic acids is 1. The molecule has 0 bridgehead atoms. The molecule has 174 valence electrons. The van der Waals surface area contributed by atoms with Crippen molar-refractivity contribution >= 4 is 11.9 Å². The number of carbonyl (C=O) groups is 1. The lowest BCUT2D eigenvalue weighted by Crippen LogP contribution is -2.38. The molecule has 1 aliphatic heterocycles. The molecule has 0 spiro atoms. The molecule has 2 heterocycles. The number of amides is 1. The Morgan fingerprint density at radius 2 is 1.79 bits per heavy atom. The van der Waals surface area contributed by atoms with Crippen LogP contribution in [0.5, 0.6) is 0 Å². The molecule has 2 aromatic carbocycles. The summed E-state index contributed by atoms with van der Waals surface area (Å²) in [5, 5.41) is 11.6. The van der Waals surface area contributed by atoms with E-state index in [1.165, 1.54) is 23.7 Å². The van der Waals surface area contributed by atoms with E-state index in [2.05, 4.69) is 23.2 Å². The van der Waals surface area contributed by atoms with Crippen LogP contribution in [0.25, 0.3) is 22.4 Å². The van der Waals surface area contributed by atoms with E-state index in [9.17, 15) is 14.0 Å². The van der Waals surface area contributed by atoms with Gasteiger partial charge in [0.2, 0.25) is 5.95 Å². The zero-order valence-corrected chi connectivity index (χ0v) is 19.4. The number of benzene rings is 2. The maximum atomic E-state index is 14.8. The third kappa shape index (κ3) is 4.29. The highest BCUT2D eigenvalue weighted by Gasteiger charge is 2.24. The number of nitriles is 1. The number of nitrogens with zero attached hydrogens (tertiary/aromatic N) is 4. The van der Waals surface area contributed by atoms with E-state index in [1.807, 2.05) is 0 Å². The van der Waals surface area contributed by atoms with Crippen molar-refractivity contribution in [3.63, 3.8) is 0 Å². The summed E-state index contributed by atoms with van der Waals surface area (Å²) in [5.74, 6) is -0.0920. The van der Waals surface area contributed by atoms with Gasteiger partial charge in [-0.2, -0.15) is 5.26 Å². The van der Waals surface area contributed by atoms with Crippen molar-refractivity contribution < 1.29 is 9.18 Å². The SMILES string of the molecule is CNC(=O)c1ccc(-c2c(-c3ccc(C#N)cc3)nc(N3CCC(C)CC3)n(C)c2=O)cc1F. The van der Waals surface area contributed by atoms with Crippen LogP contribution in [0.2, 0.25) is 0 Å². The molecule has 1 amide bonds. The molecule has 0 radical (unpaired) electrons. The third-order valence-corrected chi connectivity index (χ3v) is 6.35. The fraction of sp³-hybridized carbons (Fsp3) is 0.308. The van der Waals surface area contributed by atoms with Crippen molar-refractivity contribution in [2.75, 3.05) is 25.0 Å². The topological polar surface area (TPSA) is 91.0 Å². The van der Waals surface area contributed by atoms with Crippen molar-refractivity contribution in [1.82, 2.24) is 14.9 Å². The second-order valence-corrected chi connectivity index (χ2v) is 8.63. The van der Waals surface area contributed by atoms with Crippen LogP contribution in [0.4, 0.5) is 10.3 Å². The summed E-state index contributed by atoms with van der Waals surface area (Å²) in [5.41, 5.74) is 1.70. The molecule has 1 saturated heterocycles. The van der Waals surface area contributed by atoms with Gasteiger partial charge < -0.3 is 10.2 Å². The molecule has 8 heteroatoms. The van der Waals surface area contributed by atoms with Gasteiger partial charge in [0.15, 0.2) is 0 Å². The van der Waals surface area contributed by atoms with E-state index in [4.69, 9.17) is 10.2 Å². The molecule has 1 aromatic heterocycles. The number of halogens is 1. The van der Waals surface area contributed by atoms with Crippen LogP contribution >= 0.6 is 0 Å². The summed E-state index contributed by atoms with van der Waals surface area (Å²) >= 11 is 0. The van der Waals surface area contributed by atoms with Gasteiger partial charge in [-0.25, -0.2) is 9.37 Å². The molecule has 7 nitrogen and oxygen atoms in total. The molecule has 0 aliphatic carbocycles. The number of hydrogen-bond acceptors (Lipinski definition) is 5. The first kappa shape index (κ1) is 23.2. The summed E-state index contributed by atoms with van der Waals surface area (Å²) in [6.07, 6.45) is 2.02. The predicted molar refractivity (Wildman–Crippen MR) is 129 cm³/mol. The lowest BCUT2D eigenvalue weighted by atomic mass is 9.97. The van der Waals surface area contributed by atoms with Crippen molar-refractivity contribution in [3.8, 4) is 28.5 Å². The molecule has 3 aromatic rings. The van der Waals surface area contributed by atoms with E-state index >= 15 is 0 Å². The molecule has 0 unspecified atom stereocenters. The van der Waals surface area contributed by atoms with Gasteiger partial charge in [-0.3, -0.25) is 14.2 Å². The molecule has 1 aliphatic rings. The van der Waals surface area contributed by atoms with E-state index < -0.39 is 11.7 Å². The Bertz CT molecular complexity index is 1330. The second kappa shape index (κ2) is 9.48. The zero-order chi connectivity index (χ0) is 24.4. The Morgan fingerprint density at radius 3 is 2.38 bits per heavy atom. The van der Waals surface area contributed by atoms with Gasteiger partial charge in [-0.05, 0) is 48.6 Å². The Balaban J connectivity index is 1.92. The quantitative estimate of drug-likeness (QED) is 0.642. The van der Waals surface area contributed by atoms with E-state index in [0.717, 1.165) is 25.9 Å². The van der Waals surface area contributed by atoms with E-state index in [1.54, 1.807) is 37.4 Å². The molecule has 1 fully saturated rings. The molecule has 4 rings (SSSR count). The maximum Gasteiger partial charge on any atom is 0.263 e. The lowest BCUT2D eigenvalue weighted by Gasteiger charge is -2.32. The number of nitrogens with one attached hydrogen (secondary N) is 1. The number of anilines is 1. The van der Waals surface area contributed by atoms with Crippen molar-refractivity contribution in [2.24, 2.45) is 13.0 Å². The fourth-order valence-electron chi connectivity index (χ4n) is 4.24. The number of rotatable bonds is 4. The van der Waals surface area contributed by atoms with Gasteiger partial charge in [0, 0.05) is 32.7 Å². The molecule has 0 atom stereocenters. The van der Waals surface area contributed by atoms with E-state index in [0.29, 0.717) is 34.3 Å². The van der Waals surface area contributed by atoms with Crippen LogP contribution < -0.4 is 15.8 Å². The smallest absolute Gasteiger partial charge is 0.263 e. The first-order chi connectivity index (χ1) is 16.3. The maximum absolute atomic E-state index is 14.8. The first-order valence-electron chi connectivity index (χ1n) is 11.2. The highest BCUT2D eigenvalue weighted by molar-refractivity contribution is 5.95. The highest BCUT2D eigenvalue weighted by atomic mass is 19.1. The minimum atomic E-state index is -0.723. The average Bonchev–Trinajstić information content (AvgIpc) is 2.85. The number of aromatic nitrogens is 2. The Labute approximate surface area is 197 Å². The highest BCUT2D eigenvalue weighted by Crippen LogP contribution is 2.32. The third-order valence-electron chi connectivity index (χ3n) is 6.35. The Morgan fingerprint density at radius 1 is 1.15 bits per heavy atom. The Kier molecular flexibility index (Phi) is 6.46. The minimum absolute atomic E-state index is 0.102. The average molecular weight is 460 g/mol. The molecule has 1 N–H and O–H groups in total. The molecular weight excluding hydrogens is 433 g/mol. The van der Waals surface area contributed by atoms with Crippen LogP contribution in [0.1, 0.15) is 35.7 Å². The zero-order valence-electron chi connectivity index (χ0n) is 19.4. The summed E-state index contributed by atoms with van der Waals surface area (Å²) in [4.78, 5) is 32.6. The monoisotopic (exact) mass is 459 g/mol. The lowest BCUT2D eigenvalue weighted by molar-refractivity contribution is 0.0959. The van der Waals surface area contributed by atoms with Crippen LogP contribution in [0.3, 0.4) is 0 Å². The van der Waals surface area contributed by atoms with Gasteiger partial charge in [0.05, 0.1) is 28.5 Å². The summed E-state index contributed by atoms with van der Waals surface area (Å²) in [7, 11) is 3.10. The van der Waals surface area contributed by atoms with Crippen molar-refractivity contribution in [1.29, 1.82) is 5.26 Å². The fourth-order valence-corrected chi connectivity index (χ4v) is 4.24. The number of piperidine rings is 1. The normalized spacial score (nSPS) is 14.0. The second-order valence-electron chi connectivity index (χ2n) is 8.63. The van der Waals surface area contributed by atoms with Gasteiger partial charge >= 0.3 is 0 Å². The van der Waals surface area contributed by atoms with Gasteiger partial charge in [-0.1, -0.05) is 25.1 Å². The standard InChI is InChI=1S/C26H26FN5O2/c1-16-10-12-32(13-11-16)26-30-23(18-6-4-17(15-28)5-7-18)22(25(34)31(26)3)19-8-9-20(21(27)14-19)24(33)29-2/h4-9,14,16H,10-13H2,1-3H3,(H,29,33). The van der Waals surface area contributed by atoms with Gasteiger partial charge in [0.1, 0.15) is 5.82 Å². The molecular formula is C26H26FN5O2.